The summed E-state index contributed by atoms with van der Waals surface area (Å²) in [4.78, 5) is 0. The molecule has 0 aromatic carbocycles. The van der Waals surface area contributed by atoms with E-state index in [-0.39, 0.29) is 31.0 Å². The second-order valence-electron chi connectivity index (χ2n) is 0.0786. The van der Waals surface area contributed by atoms with E-state index in [0.717, 1.165) is 0 Å². The monoisotopic (exact) mass is 167 g/mol. The molecule has 4 heteroatoms. The van der Waals surface area contributed by atoms with E-state index in [1.54, 1.807) is 0 Å². The third-order valence-electron chi connectivity index (χ3n) is 0. The topological polar surface area (TPSA) is 17.1 Å². The predicted octanol–water partition coefficient (Wildman–Crippen LogP) is 0.202. The van der Waals surface area contributed by atoms with Crippen molar-refractivity contribution in [1.29, 1.82) is 0 Å². The molecule has 0 rings (SSSR count). The van der Waals surface area contributed by atoms with Crippen LogP contribution in [0, 0.1) is 0 Å². The molecule has 0 fully saturated rings. The van der Waals surface area contributed by atoms with Crippen molar-refractivity contribution in [2.24, 2.45) is 0 Å². The molecule has 1 nitrogen and oxygen atoms in total. The van der Waals surface area contributed by atoms with Crippen LogP contribution in [0.4, 0.5) is 0 Å². The summed E-state index contributed by atoms with van der Waals surface area (Å²) in [5.74, 6) is 0. The molecule has 0 amide bonds. The third-order valence-corrected chi connectivity index (χ3v) is 0. The van der Waals surface area contributed by atoms with Gasteiger partial charge in [-0.3, -0.25) is 0 Å². The van der Waals surface area contributed by atoms with E-state index in [0.29, 0.717) is 0 Å². The van der Waals surface area contributed by atoms with Crippen LogP contribution in [0.3, 0.4) is 0 Å². The Hall–Kier alpha value is 1.24. The average molecular weight is 167 g/mol. The van der Waals surface area contributed by atoms with Gasteiger partial charge in [-0.25, -0.2) is 0 Å². The van der Waals surface area contributed by atoms with Crippen molar-refractivity contribution < 1.29 is 34.8 Å². The van der Waals surface area contributed by atoms with Crippen LogP contribution in [0.25, 0.3) is 0 Å². The summed E-state index contributed by atoms with van der Waals surface area (Å²) in [6.07, 6.45) is 0. The normalized spacial score (nSPS) is 5.25. The van der Waals surface area contributed by atoms with Gasteiger partial charge in [0.2, 0.25) is 0 Å². The summed E-state index contributed by atoms with van der Waals surface area (Å²) in [5.41, 5.74) is 0. The number of hydrogen-bond acceptors (Lipinski definition) is 1. The predicted molar refractivity (Wildman–Crippen MR) is 10.4 cm³/mol. The van der Waals surface area contributed by atoms with Crippen LogP contribution < -0.4 is 0 Å². The van der Waals surface area contributed by atoms with Gasteiger partial charge in [-0.15, -0.1) is 0 Å². The Morgan fingerprint density at radius 1 is 1.75 bits per heavy atom. The van der Waals surface area contributed by atoms with Crippen LogP contribution in [0.1, 0.15) is 0 Å². The molecule has 1 radical (unpaired) electrons. The van der Waals surface area contributed by atoms with Gasteiger partial charge >= 0.3 is 26.0 Å². The molecular weight excluding hydrogens is 165 g/mol. The Labute approximate surface area is 43.1 Å². The summed E-state index contributed by atoms with van der Waals surface area (Å²) in [7, 11) is 1.99. The van der Waals surface area contributed by atoms with Crippen molar-refractivity contribution in [2.45, 2.75) is 0 Å². The SMILES string of the molecule is [Co].[O]=[Co][PH2]. The molecule has 1 atom stereocenters. The fourth-order valence-corrected chi connectivity index (χ4v) is 0. The van der Waals surface area contributed by atoms with Gasteiger partial charge in [0.05, 0.1) is 0 Å². The van der Waals surface area contributed by atoms with E-state index >= 15 is 0 Å². The molecule has 31 valence electrons. The minimum absolute atomic E-state index is 0. The maximum atomic E-state index is 8.86. The zero-order valence-corrected chi connectivity index (χ0v) is 4.89. The van der Waals surface area contributed by atoms with E-state index in [4.69, 9.17) is 3.87 Å². The summed E-state index contributed by atoms with van der Waals surface area (Å²) >= 11 is 0.104. The van der Waals surface area contributed by atoms with E-state index in [1.165, 1.54) is 0 Å². The van der Waals surface area contributed by atoms with Crippen LogP contribution in [0.2, 0.25) is 0 Å². The molecule has 0 aromatic rings. The molecule has 0 spiro atoms. The first-order valence-electron chi connectivity index (χ1n) is 0.329. The van der Waals surface area contributed by atoms with E-state index in [9.17, 15) is 0 Å². The summed E-state index contributed by atoms with van der Waals surface area (Å²) in [6.45, 7) is 0. The molecule has 0 bridgehead atoms. The molecule has 0 aliphatic carbocycles. The van der Waals surface area contributed by atoms with Gasteiger partial charge in [-0.2, -0.15) is 0 Å². The zero-order valence-electron chi connectivity index (χ0n) is 1.65. The van der Waals surface area contributed by atoms with Crippen LogP contribution in [0.15, 0.2) is 0 Å². The Morgan fingerprint density at radius 3 is 1.75 bits per heavy atom. The number of hydrogen-bond donors (Lipinski definition) is 0. The van der Waals surface area contributed by atoms with Crippen LogP contribution in [-0.2, 0) is 34.8 Å². The Bertz CT molecular complexity index is 13.5. The maximum absolute atomic E-state index is 8.86. The Balaban J connectivity index is 0. The second-order valence-corrected chi connectivity index (χ2v) is 0.972. The van der Waals surface area contributed by atoms with Crippen molar-refractivity contribution in [2.75, 3.05) is 0 Å². The first kappa shape index (κ1) is 8.97. The molecule has 1 unspecified atom stereocenters. The van der Waals surface area contributed by atoms with Crippen LogP contribution >= 0.6 is 7.97 Å². The van der Waals surface area contributed by atoms with Gasteiger partial charge in [0.1, 0.15) is 0 Å². The third kappa shape index (κ3) is 10.6. The van der Waals surface area contributed by atoms with E-state index in [2.05, 4.69) is 0 Å². The summed E-state index contributed by atoms with van der Waals surface area (Å²) in [5, 5.41) is 0. The minimum atomic E-state index is 0. The van der Waals surface area contributed by atoms with Gasteiger partial charge in [0.15, 0.2) is 0 Å². The molecule has 0 saturated heterocycles. The zero-order chi connectivity index (χ0) is 2.71. The quantitative estimate of drug-likeness (QED) is 0.471. The summed E-state index contributed by atoms with van der Waals surface area (Å²) < 4.78 is 8.86. The summed E-state index contributed by atoms with van der Waals surface area (Å²) in [6, 6.07) is 0. The molecule has 0 aliphatic heterocycles. The van der Waals surface area contributed by atoms with Crippen molar-refractivity contribution in [3.63, 3.8) is 0 Å². The molecule has 4 heavy (non-hydrogen) atoms. The van der Waals surface area contributed by atoms with Crippen molar-refractivity contribution in [1.82, 2.24) is 0 Å². The van der Waals surface area contributed by atoms with Crippen molar-refractivity contribution in [3.8, 4) is 0 Å². The fourth-order valence-electron chi connectivity index (χ4n) is 0. The van der Waals surface area contributed by atoms with Crippen LogP contribution in [0.5, 0.6) is 0 Å². The fraction of sp³-hybridized carbons (Fsp3) is 0. The second kappa shape index (κ2) is 8.87. The van der Waals surface area contributed by atoms with Crippen molar-refractivity contribution >= 4 is 7.97 Å². The van der Waals surface area contributed by atoms with E-state index in [1.807, 2.05) is 7.97 Å². The average Bonchev–Trinajstić information content (AvgIpc) is 0.918. The Morgan fingerprint density at radius 2 is 1.75 bits per heavy atom. The first-order chi connectivity index (χ1) is 1.41. The molecule has 0 saturated carbocycles. The standard InChI is InChI=1S/2Co.O.H2P/h;;;1H2/q;+1;;-1. The molecule has 0 heterocycles. The van der Waals surface area contributed by atoms with Crippen LogP contribution in [-0.4, -0.2) is 0 Å². The van der Waals surface area contributed by atoms with Gasteiger partial charge in [-0.1, -0.05) is 0 Å². The van der Waals surface area contributed by atoms with E-state index < -0.39 is 0 Å². The first-order valence-corrected chi connectivity index (χ1v) is 2.94. The molecular formula is H2Co2OP. The molecule has 0 aliphatic rings. The van der Waals surface area contributed by atoms with Gasteiger partial charge < -0.3 is 0 Å². The van der Waals surface area contributed by atoms with Gasteiger partial charge in [0.25, 0.3) is 0 Å². The van der Waals surface area contributed by atoms with Gasteiger partial charge in [0, 0.05) is 16.8 Å². The molecule has 0 N–H and O–H groups in total. The molecule has 0 aromatic heterocycles. The number of rotatable bonds is 0. The Kier molecular flexibility index (Phi) is 19.9. The van der Waals surface area contributed by atoms with Crippen molar-refractivity contribution in [3.05, 3.63) is 0 Å². The van der Waals surface area contributed by atoms with Gasteiger partial charge in [-0.05, 0) is 0 Å².